The van der Waals surface area contributed by atoms with Gasteiger partial charge in [-0.3, -0.25) is 0 Å². The third-order valence-electron chi connectivity index (χ3n) is 3.02. The summed E-state index contributed by atoms with van der Waals surface area (Å²) in [6.07, 6.45) is 1.22. The van der Waals surface area contributed by atoms with Gasteiger partial charge in [-0.1, -0.05) is 6.07 Å². The van der Waals surface area contributed by atoms with Crippen molar-refractivity contribution in [2.75, 3.05) is 49.7 Å². The van der Waals surface area contributed by atoms with Crippen molar-refractivity contribution >= 4 is 15.5 Å². The lowest BCUT2D eigenvalue weighted by Gasteiger charge is -2.29. The smallest absolute Gasteiger partial charge is 0.150 e. The average molecular weight is 284 g/mol. The summed E-state index contributed by atoms with van der Waals surface area (Å²) in [7, 11) is -2.97. The van der Waals surface area contributed by atoms with E-state index in [0.29, 0.717) is 0 Å². The second-order valence-corrected chi connectivity index (χ2v) is 6.97. The number of nitrogens with zero attached hydrogens (tertiary/aromatic N) is 1. The quantitative estimate of drug-likeness (QED) is 0.854. The molecule has 0 unspecified atom stereocenters. The Balaban J connectivity index is 1.94. The number of sulfone groups is 1. The van der Waals surface area contributed by atoms with E-state index < -0.39 is 9.84 Å². The van der Waals surface area contributed by atoms with Crippen molar-refractivity contribution in [1.82, 2.24) is 5.32 Å². The van der Waals surface area contributed by atoms with Gasteiger partial charge < -0.3 is 15.0 Å². The van der Waals surface area contributed by atoms with Crippen molar-refractivity contribution < 1.29 is 13.2 Å². The molecule has 1 saturated heterocycles. The molecule has 0 atom stereocenters. The molecule has 6 heteroatoms. The zero-order valence-electron chi connectivity index (χ0n) is 11.1. The number of benzene rings is 1. The van der Waals surface area contributed by atoms with Gasteiger partial charge in [-0.15, -0.1) is 0 Å². The summed E-state index contributed by atoms with van der Waals surface area (Å²) >= 11 is 0. The van der Waals surface area contributed by atoms with Crippen LogP contribution in [0.1, 0.15) is 0 Å². The van der Waals surface area contributed by atoms with Gasteiger partial charge in [-0.2, -0.15) is 0 Å². The van der Waals surface area contributed by atoms with Gasteiger partial charge in [-0.25, -0.2) is 8.42 Å². The fraction of sp³-hybridized carbons (Fsp3) is 0.538. The number of nitrogens with one attached hydrogen (secondary N) is 1. The lowest BCUT2D eigenvalue weighted by atomic mass is 10.2. The van der Waals surface area contributed by atoms with Crippen LogP contribution in [-0.4, -0.2) is 53.2 Å². The van der Waals surface area contributed by atoms with Crippen LogP contribution in [0.3, 0.4) is 0 Å². The van der Waals surface area contributed by atoms with E-state index in [1.165, 1.54) is 6.26 Å². The van der Waals surface area contributed by atoms with E-state index in [4.69, 9.17) is 4.74 Å². The van der Waals surface area contributed by atoms with E-state index in [1.54, 1.807) is 0 Å². The molecule has 0 saturated carbocycles. The van der Waals surface area contributed by atoms with E-state index >= 15 is 0 Å². The second-order valence-electron chi connectivity index (χ2n) is 4.71. The molecule has 1 aliphatic heterocycles. The Morgan fingerprint density at radius 1 is 1.32 bits per heavy atom. The van der Waals surface area contributed by atoms with Crippen LogP contribution >= 0.6 is 0 Å². The zero-order chi connectivity index (χ0) is 13.7. The van der Waals surface area contributed by atoms with Gasteiger partial charge in [0.1, 0.15) is 12.4 Å². The first kappa shape index (κ1) is 14.1. The summed E-state index contributed by atoms with van der Waals surface area (Å²) in [6.45, 7) is 4.13. The van der Waals surface area contributed by atoms with Crippen LogP contribution in [0.4, 0.5) is 5.69 Å². The van der Waals surface area contributed by atoms with Crippen molar-refractivity contribution in [3.63, 3.8) is 0 Å². The summed E-state index contributed by atoms with van der Waals surface area (Å²) in [4.78, 5) is 2.29. The molecule has 0 aromatic heterocycles. The number of piperazine rings is 1. The molecule has 1 fully saturated rings. The molecule has 1 aromatic rings. The van der Waals surface area contributed by atoms with Crippen LogP contribution in [0.15, 0.2) is 24.3 Å². The van der Waals surface area contributed by atoms with Crippen molar-refractivity contribution in [2.45, 2.75) is 0 Å². The topological polar surface area (TPSA) is 58.6 Å². The highest BCUT2D eigenvalue weighted by atomic mass is 32.2. The fourth-order valence-electron chi connectivity index (χ4n) is 2.00. The summed E-state index contributed by atoms with van der Waals surface area (Å²) in [5.74, 6) is 0.768. The lowest BCUT2D eigenvalue weighted by Crippen LogP contribution is -2.43. The first-order valence-corrected chi connectivity index (χ1v) is 8.47. The molecule has 1 N–H and O–H groups in total. The fourth-order valence-corrected chi connectivity index (χ4v) is 2.39. The van der Waals surface area contributed by atoms with Gasteiger partial charge in [0.05, 0.1) is 5.75 Å². The first-order valence-electron chi connectivity index (χ1n) is 6.41. The third kappa shape index (κ3) is 4.72. The first-order chi connectivity index (χ1) is 9.04. The number of ether oxygens (including phenoxy) is 1. The maximum absolute atomic E-state index is 11.0. The van der Waals surface area contributed by atoms with Gasteiger partial charge in [0.15, 0.2) is 9.84 Å². The number of hydrogen-bond acceptors (Lipinski definition) is 5. The molecule has 0 aliphatic carbocycles. The van der Waals surface area contributed by atoms with Crippen molar-refractivity contribution in [2.24, 2.45) is 0 Å². The van der Waals surface area contributed by atoms with Crippen molar-refractivity contribution in [3.05, 3.63) is 24.3 Å². The molecule has 1 aliphatic rings. The average Bonchev–Trinajstić information content (AvgIpc) is 2.39. The summed E-state index contributed by atoms with van der Waals surface area (Å²) < 4.78 is 27.6. The Labute approximate surface area is 114 Å². The maximum Gasteiger partial charge on any atom is 0.150 e. The highest BCUT2D eigenvalue weighted by molar-refractivity contribution is 7.90. The normalized spacial score (nSPS) is 16.4. The van der Waals surface area contributed by atoms with Gasteiger partial charge in [0, 0.05) is 44.2 Å². The van der Waals surface area contributed by atoms with Crippen molar-refractivity contribution in [3.8, 4) is 5.75 Å². The second kappa shape index (κ2) is 6.25. The monoisotopic (exact) mass is 284 g/mol. The van der Waals surface area contributed by atoms with Gasteiger partial charge >= 0.3 is 0 Å². The molecule has 0 amide bonds. The highest BCUT2D eigenvalue weighted by Crippen LogP contribution is 2.21. The van der Waals surface area contributed by atoms with E-state index in [2.05, 4.69) is 16.3 Å². The Morgan fingerprint density at radius 2 is 2.05 bits per heavy atom. The van der Waals surface area contributed by atoms with E-state index in [1.807, 2.05) is 18.2 Å². The van der Waals surface area contributed by atoms with E-state index in [-0.39, 0.29) is 12.4 Å². The molecular weight excluding hydrogens is 264 g/mol. The Bertz CT molecular complexity index is 510. The molecule has 1 heterocycles. The van der Waals surface area contributed by atoms with Crippen molar-refractivity contribution in [1.29, 1.82) is 0 Å². The third-order valence-corrected chi connectivity index (χ3v) is 3.93. The summed E-state index contributed by atoms with van der Waals surface area (Å²) in [5.41, 5.74) is 1.12. The Kier molecular flexibility index (Phi) is 4.66. The molecule has 5 nitrogen and oxygen atoms in total. The minimum Gasteiger partial charge on any atom is -0.492 e. The molecule has 19 heavy (non-hydrogen) atoms. The predicted octanol–water partition coefficient (Wildman–Crippen LogP) is 0.520. The van der Waals surface area contributed by atoms with E-state index in [9.17, 15) is 8.42 Å². The molecule has 0 bridgehead atoms. The highest BCUT2D eigenvalue weighted by Gasteiger charge is 2.11. The van der Waals surface area contributed by atoms with Crippen LogP contribution in [0.25, 0.3) is 0 Å². The molecule has 106 valence electrons. The van der Waals surface area contributed by atoms with Crippen LogP contribution in [0.2, 0.25) is 0 Å². The largest absolute Gasteiger partial charge is 0.492 e. The number of hydrogen-bond donors (Lipinski definition) is 1. The van der Waals surface area contributed by atoms with Gasteiger partial charge in [0.25, 0.3) is 0 Å². The SMILES string of the molecule is CS(=O)(=O)CCOc1cccc(N2CCNCC2)c1. The Hall–Kier alpha value is -1.27. The van der Waals surface area contributed by atoms with Crippen LogP contribution < -0.4 is 15.0 Å². The zero-order valence-corrected chi connectivity index (χ0v) is 11.9. The molecular formula is C13H20N2O3S. The van der Waals surface area contributed by atoms with Gasteiger partial charge in [-0.05, 0) is 12.1 Å². The predicted molar refractivity (Wildman–Crippen MR) is 76.7 cm³/mol. The number of anilines is 1. The molecule has 0 radical (unpaired) electrons. The number of rotatable bonds is 5. The summed E-state index contributed by atoms with van der Waals surface area (Å²) in [6, 6.07) is 7.81. The molecule has 2 rings (SSSR count). The van der Waals surface area contributed by atoms with Crippen LogP contribution in [0, 0.1) is 0 Å². The molecule has 0 spiro atoms. The van der Waals surface area contributed by atoms with Crippen LogP contribution in [0.5, 0.6) is 5.75 Å². The minimum atomic E-state index is -2.97. The summed E-state index contributed by atoms with van der Waals surface area (Å²) in [5, 5.41) is 3.31. The maximum atomic E-state index is 11.0. The standard InChI is InChI=1S/C13H20N2O3S/c1-19(16,17)10-9-18-13-4-2-3-12(11-13)15-7-5-14-6-8-15/h2-4,11,14H,5-10H2,1H3. The lowest BCUT2D eigenvalue weighted by molar-refractivity contribution is 0.341. The van der Waals surface area contributed by atoms with E-state index in [0.717, 1.165) is 37.6 Å². The molecule has 1 aromatic carbocycles. The minimum absolute atomic E-state index is 0.0465. The van der Waals surface area contributed by atoms with Crippen LogP contribution in [-0.2, 0) is 9.84 Å². The Morgan fingerprint density at radius 3 is 2.74 bits per heavy atom. The van der Waals surface area contributed by atoms with Gasteiger partial charge in [0.2, 0.25) is 0 Å².